The number of carbonyl (C=O) groups is 1. The minimum absolute atomic E-state index is 0.168. The Bertz CT molecular complexity index is 420. The van der Waals surface area contributed by atoms with Gasteiger partial charge in [0.15, 0.2) is 0 Å². The van der Waals surface area contributed by atoms with Crippen molar-refractivity contribution in [1.82, 2.24) is 0 Å². The quantitative estimate of drug-likeness (QED) is 0.723. The van der Waals surface area contributed by atoms with E-state index < -0.39 is 0 Å². The molecule has 15 heavy (non-hydrogen) atoms. The molecule has 1 aromatic rings. The molecule has 1 aliphatic heterocycles. The van der Waals surface area contributed by atoms with Crippen LogP contribution in [0.15, 0.2) is 29.3 Å². The second kappa shape index (κ2) is 3.95. The van der Waals surface area contributed by atoms with Gasteiger partial charge in [-0.25, -0.2) is 4.79 Å². The number of halogens is 1. The Kier molecular flexibility index (Phi) is 2.64. The maximum absolute atomic E-state index is 11.3. The van der Waals surface area contributed by atoms with Gasteiger partial charge in [-0.05, 0) is 17.7 Å². The summed E-state index contributed by atoms with van der Waals surface area (Å²) in [4.78, 5) is 11.3. The van der Waals surface area contributed by atoms with E-state index in [0.717, 1.165) is 11.3 Å². The van der Waals surface area contributed by atoms with Crippen LogP contribution in [0, 0.1) is 0 Å². The second-order valence-electron chi connectivity index (χ2n) is 3.08. The molecule has 1 heterocycles. The van der Waals surface area contributed by atoms with E-state index in [1.807, 2.05) is 0 Å². The van der Waals surface area contributed by atoms with E-state index in [9.17, 15) is 4.79 Å². The largest absolute Gasteiger partial charge is 0.497 e. The summed E-state index contributed by atoms with van der Waals surface area (Å²) in [6, 6.07) is 7.11. The average Bonchev–Trinajstić information content (AvgIpc) is 2.59. The predicted molar refractivity (Wildman–Crippen MR) is 56.7 cm³/mol. The van der Waals surface area contributed by atoms with E-state index in [0.29, 0.717) is 10.6 Å². The van der Waals surface area contributed by atoms with Gasteiger partial charge in [0.25, 0.3) is 0 Å². The Hall–Kier alpha value is -1.48. The van der Waals surface area contributed by atoms with Gasteiger partial charge in [-0.1, -0.05) is 23.7 Å². The number of hydrogen-bond acceptors (Lipinski definition) is 3. The van der Waals surface area contributed by atoms with Crippen molar-refractivity contribution >= 4 is 23.1 Å². The second-order valence-corrected chi connectivity index (χ2v) is 3.54. The summed E-state index contributed by atoms with van der Waals surface area (Å²) < 4.78 is 9.83. The average molecular weight is 225 g/mol. The van der Waals surface area contributed by atoms with Crippen LogP contribution in [0.5, 0.6) is 5.75 Å². The first-order valence-corrected chi connectivity index (χ1v) is 4.80. The van der Waals surface area contributed by atoms with Gasteiger partial charge in [0.1, 0.15) is 12.4 Å². The monoisotopic (exact) mass is 224 g/mol. The zero-order valence-corrected chi connectivity index (χ0v) is 8.88. The molecule has 0 aromatic heterocycles. The molecule has 78 valence electrons. The highest BCUT2D eigenvalue weighted by Crippen LogP contribution is 2.29. The minimum atomic E-state index is -0.370. The summed E-state index contributed by atoms with van der Waals surface area (Å²) in [6.45, 7) is 0.168. The molecule has 0 aliphatic carbocycles. The van der Waals surface area contributed by atoms with Crippen molar-refractivity contribution in [3.05, 3.63) is 34.9 Å². The molecular formula is C11H9ClO3. The molecule has 0 spiro atoms. The van der Waals surface area contributed by atoms with Crippen LogP contribution in [0.3, 0.4) is 0 Å². The first-order valence-electron chi connectivity index (χ1n) is 4.42. The number of cyclic esters (lactones) is 1. The summed E-state index contributed by atoms with van der Waals surface area (Å²) >= 11 is 5.88. The Labute approximate surface area is 92.3 Å². The Morgan fingerprint density at radius 3 is 2.47 bits per heavy atom. The zero-order chi connectivity index (χ0) is 10.8. The standard InChI is InChI=1S/C11H9ClO3/c1-14-8-4-2-7(3-5-8)10-9(12)6-15-11(10)13/h2-5H,6H2,1H3. The van der Waals surface area contributed by atoms with E-state index in [1.165, 1.54) is 0 Å². The Morgan fingerprint density at radius 1 is 1.33 bits per heavy atom. The van der Waals surface area contributed by atoms with E-state index in [2.05, 4.69) is 0 Å². The van der Waals surface area contributed by atoms with Crippen molar-refractivity contribution in [1.29, 1.82) is 0 Å². The molecular weight excluding hydrogens is 216 g/mol. The maximum Gasteiger partial charge on any atom is 0.340 e. The molecule has 0 N–H and O–H groups in total. The van der Waals surface area contributed by atoms with Crippen LogP contribution in [0.1, 0.15) is 5.56 Å². The third-order valence-corrected chi connectivity index (χ3v) is 2.48. The van der Waals surface area contributed by atoms with Crippen LogP contribution in [-0.2, 0) is 9.53 Å². The number of carbonyl (C=O) groups excluding carboxylic acids is 1. The summed E-state index contributed by atoms with van der Waals surface area (Å²) in [5.41, 5.74) is 1.20. The highest BCUT2D eigenvalue weighted by atomic mass is 35.5. The van der Waals surface area contributed by atoms with Crippen molar-refractivity contribution in [3.8, 4) is 5.75 Å². The lowest BCUT2D eigenvalue weighted by atomic mass is 10.1. The fourth-order valence-electron chi connectivity index (χ4n) is 1.42. The minimum Gasteiger partial charge on any atom is -0.497 e. The smallest absolute Gasteiger partial charge is 0.340 e. The fraction of sp³-hybridized carbons (Fsp3) is 0.182. The molecule has 0 amide bonds. The lowest BCUT2D eigenvalue weighted by molar-refractivity contribution is -0.133. The molecule has 0 saturated heterocycles. The van der Waals surface area contributed by atoms with Crippen molar-refractivity contribution < 1.29 is 14.3 Å². The van der Waals surface area contributed by atoms with Crippen LogP contribution in [-0.4, -0.2) is 19.7 Å². The molecule has 0 fully saturated rings. The molecule has 4 heteroatoms. The number of ether oxygens (including phenoxy) is 2. The fourth-order valence-corrected chi connectivity index (χ4v) is 1.66. The van der Waals surface area contributed by atoms with Gasteiger partial charge in [0, 0.05) is 0 Å². The van der Waals surface area contributed by atoms with E-state index in [-0.39, 0.29) is 12.6 Å². The van der Waals surface area contributed by atoms with Gasteiger partial charge >= 0.3 is 5.97 Å². The van der Waals surface area contributed by atoms with Crippen molar-refractivity contribution in [2.24, 2.45) is 0 Å². The number of methoxy groups -OCH3 is 1. The molecule has 2 rings (SSSR count). The first kappa shape index (κ1) is 10.1. The lowest BCUT2D eigenvalue weighted by Crippen LogP contribution is -1.98. The van der Waals surface area contributed by atoms with Gasteiger partial charge < -0.3 is 9.47 Å². The number of esters is 1. The van der Waals surface area contributed by atoms with E-state index in [4.69, 9.17) is 21.1 Å². The van der Waals surface area contributed by atoms with Crippen LogP contribution in [0.2, 0.25) is 0 Å². The molecule has 1 aliphatic rings. The summed E-state index contributed by atoms with van der Waals surface area (Å²) in [6.07, 6.45) is 0. The highest BCUT2D eigenvalue weighted by Gasteiger charge is 2.24. The van der Waals surface area contributed by atoms with Gasteiger partial charge in [0.2, 0.25) is 0 Å². The molecule has 0 atom stereocenters. The topological polar surface area (TPSA) is 35.5 Å². The first-order chi connectivity index (χ1) is 7.22. The molecule has 0 unspecified atom stereocenters. The number of hydrogen-bond donors (Lipinski definition) is 0. The lowest BCUT2D eigenvalue weighted by Gasteiger charge is -2.02. The van der Waals surface area contributed by atoms with Crippen molar-refractivity contribution in [2.75, 3.05) is 13.7 Å². The van der Waals surface area contributed by atoms with Crippen molar-refractivity contribution in [2.45, 2.75) is 0 Å². The third kappa shape index (κ3) is 1.83. The number of rotatable bonds is 2. The third-order valence-electron chi connectivity index (χ3n) is 2.18. The van der Waals surface area contributed by atoms with Crippen LogP contribution < -0.4 is 4.74 Å². The Morgan fingerprint density at radius 2 is 2.00 bits per heavy atom. The van der Waals surface area contributed by atoms with Gasteiger partial charge in [0.05, 0.1) is 17.7 Å². The summed E-state index contributed by atoms with van der Waals surface area (Å²) in [5.74, 6) is 0.368. The number of benzene rings is 1. The van der Waals surface area contributed by atoms with Crippen LogP contribution in [0.25, 0.3) is 5.57 Å². The zero-order valence-electron chi connectivity index (χ0n) is 8.12. The van der Waals surface area contributed by atoms with Crippen LogP contribution >= 0.6 is 11.6 Å². The van der Waals surface area contributed by atoms with Gasteiger partial charge in [-0.3, -0.25) is 0 Å². The molecule has 1 aromatic carbocycles. The summed E-state index contributed by atoms with van der Waals surface area (Å²) in [7, 11) is 1.59. The normalized spacial score (nSPS) is 15.5. The molecule has 0 bridgehead atoms. The summed E-state index contributed by atoms with van der Waals surface area (Å²) in [5, 5.41) is 0.449. The Balaban J connectivity index is 2.37. The molecule has 3 nitrogen and oxygen atoms in total. The maximum atomic E-state index is 11.3. The molecule has 0 saturated carbocycles. The van der Waals surface area contributed by atoms with E-state index in [1.54, 1.807) is 31.4 Å². The highest BCUT2D eigenvalue weighted by molar-refractivity contribution is 6.40. The van der Waals surface area contributed by atoms with Crippen molar-refractivity contribution in [3.63, 3.8) is 0 Å². The predicted octanol–water partition coefficient (Wildman–Crippen LogP) is 2.20. The van der Waals surface area contributed by atoms with E-state index >= 15 is 0 Å². The SMILES string of the molecule is COc1ccc(C2=C(Cl)COC2=O)cc1. The van der Waals surface area contributed by atoms with Crippen LogP contribution in [0.4, 0.5) is 0 Å². The molecule has 0 radical (unpaired) electrons. The van der Waals surface area contributed by atoms with Gasteiger partial charge in [-0.15, -0.1) is 0 Å². The van der Waals surface area contributed by atoms with Gasteiger partial charge in [-0.2, -0.15) is 0 Å².